The standard InChI is InChI=1S/C11H13N3O3/c1-16-11(15)10-5-3-2-4-9(10)8-17-7-6-13-14-12/h2-5H,6-8H2,1H3. The van der Waals surface area contributed by atoms with E-state index in [0.29, 0.717) is 12.2 Å². The van der Waals surface area contributed by atoms with E-state index in [1.807, 2.05) is 6.07 Å². The van der Waals surface area contributed by atoms with E-state index in [-0.39, 0.29) is 19.1 Å². The van der Waals surface area contributed by atoms with Crippen LogP contribution in [0.15, 0.2) is 29.4 Å². The van der Waals surface area contributed by atoms with Crippen molar-refractivity contribution in [1.82, 2.24) is 0 Å². The van der Waals surface area contributed by atoms with Crippen molar-refractivity contribution in [2.45, 2.75) is 6.61 Å². The largest absolute Gasteiger partial charge is 0.465 e. The zero-order valence-electron chi connectivity index (χ0n) is 9.50. The second-order valence-electron chi connectivity index (χ2n) is 3.16. The number of rotatable bonds is 6. The molecule has 0 bridgehead atoms. The van der Waals surface area contributed by atoms with Crippen molar-refractivity contribution in [2.24, 2.45) is 5.11 Å². The molecule has 0 aromatic heterocycles. The highest BCUT2D eigenvalue weighted by Gasteiger charge is 2.10. The Labute approximate surface area is 98.8 Å². The third kappa shape index (κ3) is 4.14. The summed E-state index contributed by atoms with van der Waals surface area (Å²) in [5, 5.41) is 3.34. The minimum atomic E-state index is -0.390. The number of nitrogens with zero attached hydrogens (tertiary/aromatic N) is 3. The molecule has 0 atom stereocenters. The summed E-state index contributed by atoms with van der Waals surface area (Å²) in [7, 11) is 1.33. The van der Waals surface area contributed by atoms with Gasteiger partial charge in [-0.05, 0) is 17.2 Å². The van der Waals surface area contributed by atoms with Crippen molar-refractivity contribution in [3.63, 3.8) is 0 Å². The first kappa shape index (κ1) is 13.0. The maximum Gasteiger partial charge on any atom is 0.338 e. The minimum absolute atomic E-state index is 0.275. The normalized spacial score (nSPS) is 9.47. The molecule has 1 aromatic carbocycles. The molecule has 0 fully saturated rings. The quantitative estimate of drug-likeness (QED) is 0.249. The first-order chi connectivity index (χ1) is 8.29. The van der Waals surface area contributed by atoms with Gasteiger partial charge < -0.3 is 9.47 Å². The number of carbonyl (C=O) groups excluding carboxylic acids is 1. The van der Waals surface area contributed by atoms with E-state index in [2.05, 4.69) is 14.8 Å². The summed E-state index contributed by atoms with van der Waals surface area (Å²) in [6, 6.07) is 7.05. The Morgan fingerprint density at radius 3 is 2.94 bits per heavy atom. The van der Waals surface area contributed by atoms with E-state index in [9.17, 15) is 4.79 Å². The Hall–Kier alpha value is -2.04. The summed E-state index contributed by atoms with van der Waals surface area (Å²) in [5.74, 6) is -0.390. The molecular formula is C11H13N3O3. The number of hydrogen-bond donors (Lipinski definition) is 0. The van der Waals surface area contributed by atoms with Crippen molar-refractivity contribution in [2.75, 3.05) is 20.3 Å². The fourth-order valence-corrected chi connectivity index (χ4v) is 1.29. The second-order valence-corrected chi connectivity index (χ2v) is 3.16. The molecule has 0 N–H and O–H groups in total. The predicted octanol–water partition coefficient (Wildman–Crippen LogP) is 2.30. The van der Waals surface area contributed by atoms with E-state index < -0.39 is 0 Å². The van der Waals surface area contributed by atoms with E-state index in [4.69, 9.17) is 10.3 Å². The van der Waals surface area contributed by atoms with Gasteiger partial charge in [0.15, 0.2) is 0 Å². The van der Waals surface area contributed by atoms with Crippen LogP contribution in [0.3, 0.4) is 0 Å². The van der Waals surface area contributed by atoms with Crippen LogP contribution in [0.1, 0.15) is 15.9 Å². The smallest absolute Gasteiger partial charge is 0.338 e. The van der Waals surface area contributed by atoms with Crippen LogP contribution in [-0.2, 0) is 16.1 Å². The molecule has 0 aliphatic carbocycles. The van der Waals surface area contributed by atoms with Gasteiger partial charge in [0.25, 0.3) is 0 Å². The Bertz CT molecular complexity index is 428. The molecule has 0 radical (unpaired) electrons. The summed E-state index contributed by atoms with van der Waals surface area (Å²) in [6.45, 7) is 0.878. The third-order valence-electron chi connectivity index (χ3n) is 2.08. The van der Waals surface area contributed by atoms with Crippen molar-refractivity contribution in [1.29, 1.82) is 0 Å². The fraction of sp³-hybridized carbons (Fsp3) is 0.364. The van der Waals surface area contributed by atoms with Gasteiger partial charge in [-0.15, -0.1) is 0 Å². The second kappa shape index (κ2) is 7.27. The van der Waals surface area contributed by atoms with Gasteiger partial charge in [-0.2, -0.15) is 0 Å². The van der Waals surface area contributed by atoms with Crippen LogP contribution in [0, 0.1) is 0 Å². The molecule has 0 unspecified atom stereocenters. The molecule has 1 rings (SSSR count). The molecule has 1 aromatic rings. The Morgan fingerprint density at radius 1 is 1.47 bits per heavy atom. The monoisotopic (exact) mass is 235 g/mol. The third-order valence-corrected chi connectivity index (χ3v) is 2.08. The number of carbonyl (C=O) groups is 1. The topological polar surface area (TPSA) is 84.3 Å². The van der Waals surface area contributed by atoms with Gasteiger partial charge in [-0.25, -0.2) is 4.79 Å². The van der Waals surface area contributed by atoms with Crippen LogP contribution in [-0.4, -0.2) is 26.2 Å². The van der Waals surface area contributed by atoms with Crippen LogP contribution in [0.4, 0.5) is 0 Å². The van der Waals surface area contributed by atoms with E-state index in [1.54, 1.807) is 18.2 Å². The molecule has 0 aliphatic rings. The number of benzene rings is 1. The fourth-order valence-electron chi connectivity index (χ4n) is 1.29. The lowest BCUT2D eigenvalue weighted by atomic mass is 10.1. The molecule has 0 amide bonds. The Balaban J connectivity index is 2.58. The van der Waals surface area contributed by atoms with Gasteiger partial charge in [0.2, 0.25) is 0 Å². The van der Waals surface area contributed by atoms with Crippen molar-refractivity contribution in [3.8, 4) is 0 Å². The number of ether oxygens (including phenoxy) is 2. The number of hydrogen-bond acceptors (Lipinski definition) is 4. The average Bonchev–Trinajstić information content (AvgIpc) is 2.38. The highest BCUT2D eigenvalue weighted by molar-refractivity contribution is 5.90. The molecule has 17 heavy (non-hydrogen) atoms. The van der Waals surface area contributed by atoms with E-state index in [0.717, 1.165) is 5.56 Å². The molecular weight excluding hydrogens is 222 g/mol. The van der Waals surface area contributed by atoms with Gasteiger partial charge in [0.1, 0.15) is 0 Å². The van der Waals surface area contributed by atoms with Gasteiger partial charge >= 0.3 is 5.97 Å². The van der Waals surface area contributed by atoms with Crippen LogP contribution >= 0.6 is 0 Å². The SMILES string of the molecule is COC(=O)c1ccccc1COCCN=[N+]=[N-]. The molecule has 0 aliphatic heterocycles. The van der Waals surface area contributed by atoms with Crippen LogP contribution in [0.2, 0.25) is 0 Å². The molecule has 0 heterocycles. The van der Waals surface area contributed by atoms with Crippen molar-refractivity contribution < 1.29 is 14.3 Å². The van der Waals surface area contributed by atoms with Crippen molar-refractivity contribution in [3.05, 3.63) is 45.8 Å². The van der Waals surface area contributed by atoms with E-state index >= 15 is 0 Å². The highest BCUT2D eigenvalue weighted by atomic mass is 16.5. The van der Waals surface area contributed by atoms with Gasteiger partial charge in [0.05, 0.1) is 25.9 Å². The summed E-state index contributed by atoms with van der Waals surface area (Å²) >= 11 is 0. The minimum Gasteiger partial charge on any atom is -0.465 e. The van der Waals surface area contributed by atoms with Crippen LogP contribution < -0.4 is 0 Å². The lowest BCUT2D eigenvalue weighted by Gasteiger charge is -2.07. The highest BCUT2D eigenvalue weighted by Crippen LogP contribution is 2.11. The summed E-state index contributed by atoms with van der Waals surface area (Å²) in [6.07, 6.45) is 0. The molecule has 90 valence electrons. The average molecular weight is 235 g/mol. The Kier molecular flexibility index (Phi) is 5.57. The van der Waals surface area contributed by atoms with E-state index in [1.165, 1.54) is 7.11 Å². The van der Waals surface area contributed by atoms with Crippen molar-refractivity contribution >= 4 is 5.97 Å². The zero-order valence-corrected chi connectivity index (χ0v) is 9.50. The first-order valence-corrected chi connectivity index (χ1v) is 5.04. The summed E-state index contributed by atoms with van der Waals surface area (Å²) in [5.41, 5.74) is 9.31. The van der Waals surface area contributed by atoms with Gasteiger partial charge in [0, 0.05) is 11.5 Å². The lowest BCUT2D eigenvalue weighted by molar-refractivity contribution is 0.0593. The predicted molar refractivity (Wildman–Crippen MR) is 61.5 cm³/mol. The molecule has 0 saturated carbocycles. The lowest BCUT2D eigenvalue weighted by Crippen LogP contribution is -2.07. The summed E-state index contributed by atoms with van der Waals surface area (Å²) in [4.78, 5) is 14.0. The molecule has 6 heteroatoms. The molecule has 6 nitrogen and oxygen atoms in total. The molecule has 0 spiro atoms. The van der Waals surface area contributed by atoms with Crippen LogP contribution in [0.25, 0.3) is 10.4 Å². The molecule has 0 saturated heterocycles. The van der Waals surface area contributed by atoms with Gasteiger partial charge in [-0.1, -0.05) is 23.3 Å². The maximum absolute atomic E-state index is 11.4. The number of esters is 1. The summed E-state index contributed by atoms with van der Waals surface area (Å²) < 4.78 is 9.95. The van der Waals surface area contributed by atoms with Gasteiger partial charge in [-0.3, -0.25) is 0 Å². The Morgan fingerprint density at radius 2 is 2.24 bits per heavy atom. The maximum atomic E-state index is 11.4. The number of azide groups is 1. The van der Waals surface area contributed by atoms with Crippen LogP contribution in [0.5, 0.6) is 0 Å². The number of methoxy groups -OCH3 is 1. The zero-order chi connectivity index (χ0) is 12.5. The first-order valence-electron chi connectivity index (χ1n) is 5.04.